The quantitative estimate of drug-likeness (QED) is 0.780. The van der Waals surface area contributed by atoms with Gasteiger partial charge in [-0.25, -0.2) is 0 Å². The molecule has 1 N–H and O–H groups in total. The molecule has 0 saturated heterocycles. The van der Waals surface area contributed by atoms with Crippen molar-refractivity contribution < 1.29 is 0 Å². The number of pyridine rings is 1. The summed E-state index contributed by atoms with van der Waals surface area (Å²) in [6.07, 6.45) is 7.09. The summed E-state index contributed by atoms with van der Waals surface area (Å²) in [4.78, 5) is 4.08. The molecule has 0 radical (unpaired) electrons. The first-order valence-corrected chi connectivity index (χ1v) is 6.33. The molecule has 1 atom stereocenters. The third-order valence-corrected chi connectivity index (χ3v) is 2.78. The maximum absolute atomic E-state index is 4.08. The Labute approximate surface area is 90.5 Å². The first kappa shape index (κ1) is 11.5. The van der Waals surface area contributed by atoms with Gasteiger partial charge >= 0.3 is 0 Å². The topological polar surface area (TPSA) is 24.9 Å². The van der Waals surface area contributed by atoms with Crippen LogP contribution in [0.2, 0.25) is 0 Å². The average molecular weight is 210 g/mol. The van der Waals surface area contributed by atoms with E-state index in [1.807, 2.05) is 24.0 Å². The molecule has 0 spiro atoms. The number of thioether (sulfide) groups is 1. The zero-order chi connectivity index (χ0) is 10.2. The maximum Gasteiger partial charge on any atom is 0.0312 e. The van der Waals surface area contributed by atoms with Gasteiger partial charge in [-0.2, -0.15) is 11.8 Å². The van der Waals surface area contributed by atoms with Gasteiger partial charge in [0.25, 0.3) is 0 Å². The van der Waals surface area contributed by atoms with E-state index in [0.717, 1.165) is 6.54 Å². The van der Waals surface area contributed by atoms with E-state index in [1.165, 1.54) is 17.7 Å². The molecule has 0 saturated carbocycles. The highest BCUT2D eigenvalue weighted by Gasteiger charge is 2.00. The van der Waals surface area contributed by atoms with Crippen LogP contribution in [0.5, 0.6) is 0 Å². The number of rotatable bonds is 6. The van der Waals surface area contributed by atoms with Crippen molar-refractivity contribution in [2.75, 3.05) is 12.0 Å². The lowest BCUT2D eigenvalue weighted by molar-refractivity contribution is 0.537. The molecule has 1 unspecified atom stereocenters. The van der Waals surface area contributed by atoms with E-state index in [-0.39, 0.29) is 0 Å². The van der Waals surface area contributed by atoms with Gasteiger partial charge in [0.05, 0.1) is 0 Å². The van der Waals surface area contributed by atoms with E-state index < -0.39 is 0 Å². The Morgan fingerprint density at radius 3 is 3.07 bits per heavy atom. The third-order valence-electron chi connectivity index (χ3n) is 2.13. The molecule has 1 aromatic rings. The summed E-state index contributed by atoms with van der Waals surface area (Å²) < 4.78 is 0. The largest absolute Gasteiger partial charge is 0.310 e. The summed E-state index contributed by atoms with van der Waals surface area (Å²) in [5.74, 6) is 1.22. The lowest BCUT2D eigenvalue weighted by Gasteiger charge is -2.12. The highest BCUT2D eigenvalue weighted by Crippen LogP contribution is 2.01. The number of nitrogens with one attached hydrogen (secondary N) is 1. The van der Waals surface area contributed by atoms with Crippen LogP contribution in [-0.4, -0.2) is 23.0 Å². The highest BCUT2D eigenvalue weighted by molar-refractivity contribution is 7.98. The van der Waals surface area contributed by atoms with E-state index in [9.17, 15) is 0 Å². The Hall–Kier alpha value is -0.540. The Kier molecular flexibility index (Phi) is 5.64. The van der Waals surface area contributed by atoms with Gasteiger partial charge in [-0.1, -0.05) is 6.07 Å². The van der Waals surface area contributed by atoms with Gasteiger partial charge in [-0.15, -0.1) is 0 Å². The normalized spacial score (nSPS) is 12.7. The Balaban J connectivity index is 2.20. The molecule has 0 amide bonds. The van der Waals surface area contributed by atoms with Crippen molar-refractivity contribution in [1.29, 1.82) is 0 Å². The van der Waals surface area contributed by atoms with E-state index in [4.69, 9.17) is 0 Å². The molecule has 1 aromatic heterocycles. The minimum absolute atomic E-state index is 0.586. The molecule has 1 rings (SSSR count). The molecule has 0 aromatic carbocycles. The molecule has 0 fully saturated rings. The first-order valence-electron chi connectivity index (χ1n) is 4.94. The van der Waals surface area contributed by atoms with Gasteiger partial charge in [0, 0.05) is 25.0 Å². The first-order chi connectivity index (χ1) is 6.83. The van der Waals surface area contributed by atoms with Crippen molar-refractivity contribution in [3.8, 4) is 0 Å². The Bertz CT molecular complexity index is 238. The van der Waals surface area contributed by atoms with Crippen LogP contribution in [0.15, 0.2) is 24.5 Å². The lowest BCUT2D eigenvalue weighted by atomic mass is 10.2. The standard InChI is InChI=1S/C11H18N2S/c1-10(5-7-14-2)13-9-11-4-3-6-12-8-11/h3-4,6,8,10,13H,5,7,9H2,1-2H3. The second kappa shape index (κ2) is 6.85. The highest BCUT2D eigenvalue weighted by atomic mass is 32.2. The van der Waals surface area contributed by atoms with Gasteiger partial charge in [0.1, 0.15) is 0 Å². The fourth-order valence-corrected chi connectivity index (χ4v) is 1.78. The molecule has 2 nitrogen and oxygen atoms in total. The summed E-state index contributed by atoms with van der Waals surface area (Å²) in [7, 11) is 0. The third kappa shape index (κ3) is 4.63. The maximum atomic E-state index is 4.08. The Morgan fingerprint density at radius 1 is 1.57 bits per heavy atom. The molecule has 3 heteroatoms. The summed E-state index contributed by atoms with van der Waals surface area (Å²) in [6.45, 7) is 3.15. The predicted octanol–water partition coefficient (Wildman–Crippen LogP) is 2.31. The minimum atomic E-state index is 0.586. The summed E-state index contributed by atoms with van der Waals surface area (Å²) in [5, 5.41) is 3.48. The van der Waals surface area contributed by atoms with Gasteiger partial charge in [-0.3, -0.25) is 4.98 Å². The second-order valence-electron chi connectivity index (χ2n) is 3.42. The van der Waals surface area contributed by atoms with Crippen LogP contribution in [0.4, 0.5) is 0 Å². The molecule has 78 valence electrons. The van der Waals surface area contributed by atoms with Crippen molar-refractivity contribution in [2.24, 2.45) is 0 Å². The smallest absolute Gasteiger partial charge is 0.0312 e. The molecule has 14 heavy (non-hydrogen) atoms. The minimum Gasteiger partial charge on any atom is -0.310 e. The molecular formula is C11H18N2S. The second-order valence-corrected chi connectivity index (χ2v) is 4.41. The van der Waals surface area contributed by atoms with E-state index in [2.05, 4.69) is 29.5 Å². The van der Waals surface area contributed by atoms with Crippen molar-refractivity contribution in [2.45, 2.75) is 25.9 Å². The van der Waals surface area contributed by atoms with Crippen LogP contribution < -0.4 is 5.32 Å². The van der Waals surface area contributed by atoms with Crippen molar-refractivity contribution in [3.05, 3.63) is 30.1 Å². The van der Waals surface area contributed by atoms with Crippen LogP contribution in [-0.2, 0) is 6.54 Å². The zero-order valence-electron chi connectivity index (χ0n) is 8.86. The van der Waals surface area contributed by atoms with Gasteiger partial charge in [-0.05, 0) is 37.0 Å². The monoisotopic (exact) mass is 210 g/mol. The zero-order valence-corrected chi connectivity index (χ0v) is 9.68. The number of hydrogen-bond acceptors (Lipinski definition) is 3. The van der Waals surface area contributed by atoms with E-state index >= 15 is 0 Å². The van der Waals surface area contributed by atoms with E-state index in [1.54, 1.807) is 6.20 Å². The molecule has 0 aliphatic heterocycles. The van der Waals surface area contributed by atoms with Crippen LogP contribution in [0.1, 0.15) is 18.9 Å². The fourth-order valence-electron chi connectivity index (χ4n) is 1.19. The number of nitrogens with zero attached hydrogens (tertiary/aromatic N) is 1. The number of hydrogen-bond donors (Lipinski definition) is 1. The summed E-state index contributed by atoms with van der Waals surface area (Å²) in [5.41, 5.74) is 1.25. The van der Waals surface area contributed by atoms with Crippen molar-refractivity contribution in [3.63, 3.8) is 0 Å². The van der Waals surface area contributed by atoms with Crippen LogP contribution in [0, 0.1) is 0 Å². The molecule has 0 aliphatic carbocycles. The predicted molar refractivity (Wildman–Crippen MR) is 63.5 cm³/mol. The van der Waals surface area contributed by atoms with Gasteiger partial charge in [0.15, 0.2) is 0 Å². The molecule has 1 heterocycles. The molecule has 0 bridgehead atoms. The lowest BCUT2D eigenvalue weighted by Crippen LogP contribution is -2.25. The van der Waals surface area contributed by atoms with E-state index in [0.29, 0.717) is 6.04 Å². The SMILES string of the molecule is CSCCC(C)NCc1cccnc1. The Morgan fingerprint density at radius 2 is 2.43 bits per heavy atom. The number of aromatic nitrogens is 1. The summed E-state index contributed by atoms with van der Waals surface area (Å²) in [6, 6.07) is 4.66. The molecular weight excluding hydrogens is 192 g/mol. The summed E-state index contributed by atoms with van der Waals surface area (Å²) >= 11 is 1.90. The average Bonchev–Trinajstić information content (AvgIpc) is 2.25. The fraction of sp³-hybridized carbons (Fsp3) is 0.545. The van der Waals surface area contributed by atoms with Gasteiger partial charge < -0.3 is 5.32 Å². The molecule has 0 aliphatic rings. The van der Waals surface area contributed by atoms with Crippen LogP contribution >= 0.6 is 11.8 Å². The van der Waals surface area contributed by atoms with Crippen molar-refractivity contribution in [1.82, 2.24) is 10.3 Å². The van der Waals surface area contributed by atoms with Gasteiger partial charge in [0.2, 0.25) is 0 Å². The van der Waals surface area contributed by atoms with Crippen LogP contribution in [0.25, 0.3) is 0 Å². The van der Waals surface area contributed by atoms with Crippen molar-refractivity contribution >= 4 is 11.8 Å². The van der Waals surface area contributed by atoms with Crippen LogP contribution in [0.3, 0.4) is 0 Å².